The summed E-state index contributed by atoms with van der Waals surface area (Å²) >= 11 is 6.00. The number of imidazole rings is 1. The highest BCUT2D eigenvalue weighted by atomic mass is 35.5. The zero-order valence-electron chi connectivity index (χ0n) is 12.9. The lowest BCUT2D eigenvalue weighted by Gasteiger charge is -2.20. The lowest BCUT2D eigenvalue weighted by molar-refractivity contribution is 0.124. The fourth-order valence-electron chi connectivity index (χ4n) is 2.03. The van der Waals surface area contributed by atoms with Crippen LogP contribution in [0.4, 0.5) is 4.79 Å². The van der Waals surface area contributed by atoms with Crippen LogP contribution in [0.15, 0.2) is 12.7 Å². The summed E-state index contributed by atoms with van der Waals surface area (Å²) in [6.07, 6.45) is 3.85. The van der Waals surface area contributed by atoms with E-state index in [0.717, 1.165) is 12.8 Å². The van der Waals surface area contributed by atoms with Crippen molar-refractivity contribution in [2.24, 2.45) is 5.92 Å². The molecule has 0 aliphatic rings. The summed E-state index contributed by atoms with van der Waals surface area (Å²) < 4.78 is 6.95. The predicted molar refractivity (Wildman–Crippen MR) is 83.6 cm³/mol. The topological polar surface area (TPSA) is 81.9 Å². The molecule has 7 nitrogen and oxygen atoms in total. The predicted octanol–water partition coefficient (Wildman–Crippen LogP) is 3.16. The van der Waals surface area contributed by atoms with Gasteiger partial charge < -0.3 is 10.1 Å². The van der Waals surface area contributed by atoms with Gasteiger partial charge in [0.05, 0.1) is 12.9 Å². The standard InChI is InChI=1S/C14H20ClN5O2/c1-4-5-10(19-14(21)22-6-9(2)3)20-8-18-11-12(15)16-7-17-13(11)20/h7-10H,4-6H2,1-3H3,(H,19,21). The normalized spacial score (nSPS) is 12.6. The number of carbonyl (C=O) groups excluding carboxylic acids is 1. The van der Waals surface area contributed by atoms with Crippen LogP contribution >= 0.6 is 11.6 Å². The van der Waals surface area contributed by atoms with E-state index in [9.17, 15) is 4.79 Å². The maximum absolute atomic E-state index is 11.9. The second kappa shape index (κ2) is 7.40. The molecule has 2 aromatic heterocycles. The Kier molecular flexibility index (Phi) is 5.54. The van der Waals surface area contributed by atoms with Gasteiger partial charge in [-0.1, -0.05) is 38.8 Å². The second-order valence-electron chi connectivity index (χ2n) is 5.43. The quantitative estimate of drug-likeness (QED) is 0.825. The van der Waals surface area contributed by atoms with Crippen LogP contribution in [0.5, 0.6) is 0 Å². The van der Waals surface area contributed by atoms with E-state index in [0.29, 0.717) is 22.9 Å². The first-order chi connectivity index (χ1) is 10.5. The molecule has 120 valence electrons. The zero-order valence-corrected chi connectivity index (χ0v) is 13.7. The first-order valence-corrected chi connectivity index (χ1v) is 7.67. The third-order valence-electron chi connectivity index (χ3n) is 3.04. The van der Waals surface area contributed by atoms with Gasteiger partial charge in [0.15, 0.2) is 10.8 Å². The molecule has 2 heterocycles. The van der Waals surface area contributed by atoms with E-state index in [1.807, 2.05) is 20.8 Å². The van der Waals surface area contributed by atoms with Crippen LogP contribution in [-0.4, -0.2) is 32.2 Å². The Morgan fingerprint density at radius 2 is 2.18 bits per heavy atom. The molecule has 0 bridgehead atoms. The third-order valence-corrected chi connectivity index (χ3v) is 3.32. The fraction of sp³-hybridized carbons (Fsp3) is 0.571. The Hall–Kier alpha value is -1.89. The zero-order chi connectivity index (χ0) is 16.1. The van der Waals surface area contributed by atoms with Crippen molar-refractivity contribution in [2.45, 2.75) is 39.8 Å². The highest BCUT2D eigenvalue weighted by Gasteiger charge is 2.18. The molecule has 0 spiro atoms. The molecule has 0 saturated carbocycles. The molecule has 1 amide bonds. The molecular formula is C14H20ClN5O2. The number of nitrogens with one attached hydrogen (secondary N) is 1. The van der Waals surface area contributed by atoms with Gasteiger partial charge in [0.1, 0.15) is 18.0 Å². The van der Waals surface area contributed by atoms with E-state index in [1.165, 1.54) is 6.33 Å². The van der Waals surface area contributed by atoms with Crippen LogP contribution in [-0.2, 0) is 4.74 Å². The molecule has 0 aliphatic heterocycles. The molecule has 0 saturated heterocycles. The van der Waals surface area contributed by atoms with Crippen LogP contribution in [0.2, 0.25) is 5.15 Å². The lowest BCUT2D eigenvalue weighted by Crippen LogP contribution is -2.33. The molecule has 0 radical (unpaired) electrons. The van der Waals surface area contributed by atoms with Crippen molar-refractivity contribution < 1.29 is 9.53 Å². The van der Waals surface area contributed by atoms with Crippen molar-refractivity contribution in [3.63, 3.8) is 0 Å². The fourth-order valence-corrected chi connectivity index (χ4v) is 2.20. The van der Waals surface area contributed by atoms with Gasteiger partial charge in [0.2, 0.25) is 0 Å². The second-order valence-corrected chi connectivity index (χ2v) is 5.79. The maximum Gasteiger partial charge on any atom is 0.408 e. The number of fused-ring (bicyclic) bond motifs is 1. The SMILES string of the molecule is CCCC(NC(=O)OCC(C)C)n1cnc2c(Cl)ncnc21. The van der Waals surface area contributed by atoms with Crippen molar-refractivity contribution in [1.29, 1.82) is 0 Å². The Bertz CT molecular complexity index is 643. The lowest BCUT2D eigenvalue weighted by atomic mass is 10.2. The number of rotatable bonds is 6. The average Bonchev–Trinajstić information content (AvgIpc) is 2.90. The van der Waals surface area contributed by atoms with Gasteiger partial charge in [0, 0.05) is 0 Å². The molecule has 0 aromatic carbocycles. The van der Waals surface area contributed by atoms with E-state index in [4.69, 9.17) is 16.3 Å². The Balaban J connectivity index is 2.19. The van der Waals surface area contributed by atoms with Gasteiger partial charge in [0.25, 0.3) is 0 Å². The van der Waals surface area contributed by atoms with Crippen molar-refractivity contribution in [3.8, 4) is 0 Å². The van der Waals surface area contributed by atoms with Crippen molar-refractivity contribution >= 4 is 28.9 Å². The minimum Gasteiger partial charge on any atom is -0.449 e. The first kappa shape index (κ1) is 16.5. The average molecular weight is 326 g/mol. The van der Waals surface area contributed by atoms with Crippen LogP contribution in [0.3, 0.4) is 0 Å². The summed E-state index contributed by atoms with van der Waals surface area (Å²) in [7, 11) is 0. The molecule has 22 heavy (non-hydrogen) atoms. The van der Waals surface area contributed by atoms with Gasteiger partial charge in [-0.25, -0.2) is 19.7 Å². The van der Waals surface area contributed by atoms with Crippen molar-refractivity contribution in [2.75, 3.05) is 6.61 Å². The van der Waals surface area contributed by atoms with Crippen LogP contribution in [0.25, 0.3) is 11.2 Å². The Morgan fingerprint density at radius 3 is 2.86 bits per heavy atom. The third kappa shape index (κ3) is 3.85. The van der Waals surface area contributed by atoms with Gasteiger partial charge >= 0.3 is 6.09 Å². The highest BCUT2D eigenvalue weighted by Crippen LogP contribution is 2.21. The minimum atomic E-state index is -0.450. The molecular weight excluding hydrogens is 306 g/mol. The number of halogens is 1. The van der Waals surface area contributed by atoms with Crippen LogP contribution < -0.4 is 5.32 Å². The van der Waals surface area contributed by atoms with Gasteiger partial charge in [-0.15, -0.1) is 0 Å². The number of aromatic nitrogens is 4. The van der Waals surface area contributed by atoms with Crippen LogP contribution in [0, 0.1) is 5.92 Å². The number of ether oxygens (including phenoxy) is 1. The summed E-state index contributed by atoms with van der Waals surface area (Å²) in [6, 6.07) is 0. The molecule has 1 atom stereocenters. The molecule has 0 aliphatic carbocycles. The molecule has 2 rings (SSSR count). The molecule has 8 heteroatoms. The first-order valence-electron chi connectivity index (χ1n) is 7.29. The summed E-state index contributed by atoms with van der Waals surface area (Å²) in [6.45, 7) is 6.39. The summed E-state index contributed by atoms with van der Waals surface area (Å²) in [5.41, 5.74) is 1.10. The molecule has 2 aromatic rings. The smallest absolute Gasteiger partial charge is 0.408 e. The van der Waals surface area contributed by atoms with E-state index >= 15 is 0 Å². The Labute approximate surface area is 134 Å². The van der Waals surface area contributed by atoms with E-state index in [-0.39, 0.29) is 12.1 Å². The van der Waals surface area contributed by atoms with E-state index in [2.05, 4.69) is 20.3 Å². The number of nitrogens with zero attached hydrogens (tertiary/aromatic N) is 4. The molecule has 1 N–H and O–H groups in total. The van der Waals surface area contributed by atoms with Gasteiger partial charge in [-0.3, -0.25) is 4.57 Å². The van der Waals surface area contributed by atoms with Crippen LogP contribution in [0.1, 0.15) is 39.8 Å². The number of hydrogen-bond donors (Lipinski definition) is 1. The summed E-state index contributed by atoms with van der Waals surface area (Å²) in [5, 5.41) is 3.14. The van der Waals surface area contributed by atoms with Gasteiger partial charge in [-0.2, -0.15) is 0 Å². The highest BCUT2D eigenvalue weighted by molar-refractivity contribution is 6.33. The van der Waals surface area contributed by atoms with Gasteiger partial charge in [-0.05, 0) is 12.3 Å². The number of hydrogen-bond acceptors (Lipinski definition) is 5. The molecule has 1 unspecified atom stereocenters. The van der Waals surface area contributed by atoms with Crippen molar-refractivity contribution in [1.82, 2.24) is 24.8 Å². The number of alkyl carbamates (subject to hydrolysis) is 1. The van der Waals surface area contributed by atoms with E-state index < -0.39 is 6.09 Å². The number of amides is 1. The molecule has 0 fully saturated rings. The van der Waals surface area contributed by atoms with Crippen molar-refractivity contribution in [3.05, 3.63) is 17.8 Å². The largest absolute Gasteiger partial charge is 0.449 e. The van der Waals surface area contributed by atoms with E-state index in [1.54, 1.807) is 10.9 Å². The number of carbonyl (C=O) groups is 1. The minimum absolute atomic E-state index is 0.288. The summed E-state index contributed by atoms with van der Waals surface area (Å²) in [4.78, 5) is 24.2. The summed E-state index contributed by atoms with van der Waals surface area (Å²) in [5.74, 6) is 0.288. The maximum atomic E-state index is 11.9. The monoisotopic (exact) mass is 325 g/mol. The Morgan fingerprint density at radius 1 is 1.41 bits per heavy atom.